The zero-order chi connectivity index (χ0) is 14.8. The molecule has 21 heavy (non-hydrogen) atoms. The summed E-state index contributed by atoms with van der Waals surface area (Å²) in [5, 5.41) is 10.3. The molecule has 0 radical (unpaired) electrons. The summed E-state index contributed by atoms with van der Waals surface area (Å²) in [5.74, 6) is -0.290. The number of nitrogens with zero attached hydrogens (tertiary/aromatic N) is 3. The van der Waals surface area contributed by atoms with Crippen molar-refractivity contribution in [1.29, 1.82) is 0 Å². The van der Waals surface area contributed by atoms with E-state index in [-0.39, 0.29) is 5.82 Å². The second kappa shape index (κ2) is 5.65. The van der Waals surface area contributed by atoms with Gasteiger partial charge in [-0.05, 0) is 26.0 Å². The molecule has 108 valence electrons. The van der Waals surface area contributed by atoms with E-state index < -0.39 is 0 Å². The van der Waals surface area contributed by atoms with E-state index in [9.17, 15) is 4.39 Å². The van der Waals surface area contributed by atoms with Gasteiger partial charge in [0.2, 0.25) is 0 Å². The summed E-state index contributed by atoms with van der Waals surface area (Å²) in [6.45, 7) is 4.78. The zero-order valence-corrected chi connectivity index (χ0v) is 12.6. The molecule has 4 nitrogen and oxygen atoms in total. The predicted molar refractivity (Wildman–Crippen MR) is 83.5 cm³/mol. The maximum absolute atomic E-state index is 13.9. The van der Waals surface area contributed by atoms with Gasteiger partial charge in [0.25, 0.3) is 0 Å². The largest absolute Gasteiger partial charge is 0.362 e. The van der Waals surface area contributed by atoms with E-state index in [1.54, 1.807) is 40.4 Å². The second-order valence-corrected chi connectivity index (χ2v) is 5.43. The lowest BCUT2D eigenvalue weighted by atomic mass is 10.2. The SMILES string of the molecule is CCNc1nc(-c2cnn(-c3ccccc3F)c2C)cs1. The normalized spacial score (nSPS) is 10.8. The summed E-state index contributed by atoms with van der Waals surface area (Å²) >= 11 is 1.55. The highest BCUT2D eigenvalue weighted by atomic mass is 32.1. The third-order valence-electron chi connectivity index (χ3n) is 3.20. The average molecular weight is 302 g/mol. The quantitative estimate of drug-likeness (QED) is 0.795. The van der Waals surface area contributed by atoms with Gasteiger partial charge in [0.1, 0.15) is 11.5 Å². The summed E-state index contributed by atoms with van der Waals surface area (Å²) in [6, 6.07) is 6.61. The van der Waals surface area contributed by atoms with Crippen molar-refractivity contribution in [3.63, 3.8) is 0 Å². The Hall–Kier alpha value is -2.21. The number of hydrogen-bond donors (Lipinski definition) is 1. The molecular formula is C15H15FN4S. The molecule has 0 aliphatic rings. The van der Waals surface area contributed by atoms with Gasteiger partial charge < -0.3 is 5.32 Å². The van der Waals surface area contributed by atoms with E-state index in [2.05, 4.69) is 15.4 Å². The second-order valence-electron chi connectivity index (χ2n) is 4.58. The molecule has 1 aromatic carbocycles. The minimum Gasteiger partial charge on any atom is -0.362 e. The number of para-hydroxylation sites is 1. The molecule has 6 heteroatoms. The number of anilines is 1. The average Bonchev–Trinajstić information content (AvgIpc) is 3.07. The monoisotopic (exact) mass is 302 g/mol. The fourth-order valence-corrected chi connectivity index (χ4v) is 2.94. The van der Waals surface area contributed by atoms with Gasteiger partial charge in [-0.1, -0.05) is 12.1 Å². The third-order valence-corrected chi connectivity index (χ3v) is 4.00. The Morgan fingerprint density at radius 3 is 2.90 bits per heavy atom. The third kappa shape index (κ3) is 2.54. The molecule has 0 saturated heterocycles. The molecule has 0 aliphatic heterocycles. The zero-order valence-electron chi connectivity index (χ0n) is 11.8. The number of benzene rings is 1. The van der Waals surface area contributed by atoms with Crippen molar-refractivity contribution in [2.24, 2.45) is 0 Å². The fraction of sp³-hybridized carbons (Fsp3) is 0.200. The summed E-state index contributed by atoms with van der Waals surface area (Å²) in [7, 11) is 0. The summed E-state index contributed by atoms with van der Waals surface area (Å²) in [5.41, 5.74) is 3.09. The van der Waals surface area contributed by atoms with Crippen molar-refractivity contribution < 1.29 is 4.39 Å². The van der Waals surface area contributed by atoms with Crippen molar-refractivity contribution >= 4 is 16.5 Å². The van der Waals surface area contributed by atoms with Crippen LogP contribution in [0.25, 0.3) is 16.9 Å². The van der Waals surface area contributed by atoms with Crippen LogP contribution >= 0.6 is 11.3 Å². The van der Waals surface area contributed by atoms with Crippen LogP contribution < -0.4 is 5.32 Å². The van der Waals surface area contributed by atoms with Gasteiger partial charge in [-0.15, -0.1) is 11.3 Å². The Bertz CT molecular complexity index is 763. The van der Waals surface area contributed by atoms with Crippen LogP contribution in [0, 0.1) is 12.7 Å². The lowest BCUT2D eigenvalue weighted by molar-refractivity contribution is 0.608. The van der Waals surface area contributed by atoms with Crippen LogP contribution in [0.15, 0.2) is 35.8 Å². The highest BCUT2D eigenvalue weighted by Gasteiger charge is 2.14. The maximum Gasteiger partial charge on any atom is 0.183 e. The summed E-state index contributed by atoms with van der Waals surface area (Å²) in [4.78, 5) is 4.52. The Kier molecular flexibility index (Phi) is 3.70. The molecule has 2 aromatic heterocycles. The molecule has 0 amide bonds. The minimum absolute atomic E-state index is 0.290. The molecule has 0 bridgehead atoms. The van der Waals surface area contributed by atoms with Crippen molar-refractivity contribution in [3.05, 3.63) is 47.4 Å². The molecule has 0 aliphatic carbocycles. The van der Waals surface area contributed by atoms with Crippen LogP contribution in [0.5, 0.6) is 0 Å². The van der Waals surface area contributed by atoms with Gasteiger partial charge in [0, 0.05) is 17.5 Å². The van der Waals surface area contributed by atoms with Gasteiger partial charge in [0.15, 0.2) is 5.13 Å². The van der Waals surface area contributed by atoms with E-state index in [1.165, 1.54) is 6.07 Å². The first-order valence-corrected chi connectivity index (χ1v) is 7.58. The van der Waals surface area contributed by atoms with Crippen molar-refractivity contribution in [1.82, 2.24) is 14.8 Å². The van der Waals surface area contributed by atoms with E-state index >= 15 is 0 Å². The molecule has 0 fully saturated rings. The lowest BCUT2D eigenvalue weighted by Gasteiger charge is -2.05. The summed E-state index contributed by atoms with van der Waals surface area (Å²) < 4.78 is 15.5. The number of rotatable bonds is 4. The van der Waals surface area contributed by atoms with E-state index in [0.717, 1.165) is 28.6 Å². The molecular weight excluding hydrogens is 287 g/mol. The molecule has 0 spiro atoms. The first-order chi connectivity index (χ1) is 10.2. The summed E-state index contributed by atoms with van der Waals surface area (Å²) in [6.07, 6.45) is 1.73. The Labute approximate surface area is 126 Å². The van der Waals surface area contributed by atoms with Crippen LogP contribution in [0.1, 0.15) is 12.6 Å². The van der Waals surface area contributed by atoms with Crippen LogP contribution in [0.4, 0.5) is 9.52 Å². The number of aromatic nitrogens is 3. The van der Waals surface area contributed by atoms with Crippen LogP contribution in [0.2, 0.25) is 0 Å². The molecule has 0 saturated carbocycles. The van der Waals surface area contributed by atoms with Crippen molar-refractivity contribution in [2.45, 2.75) is 13.8 Å². The molecule has 0 unspecified atom stereocenters. The topological polar surface area (TPSA) is 42.7 Å². The van der Waals surface area contributed by atoms with E-state index in [1.807, 2.05) is 19.2 Å². The van der Waals surface area contributed by atoms with E-state index in [0.29, 0.717) is 5.69 Å². The minimum atomic E-state index is -0.290. The van der Waals surface area contributed by atoms with Crippen LogP contribution in [-0.2, 0) is 0 Å². The fourth-order valence-electron chi connectivity index (χ4n) is 2.16. The van der Waals surface area contributed by atoms with Crippen LogP contribution in [0.3, 0.4) is 0 Å². The molecule has 0 atom stereocenters. The first kappa shape index (κ1) is 13.8. The van der Waals surface area contributed by atoms with E-state index in [4.69, 9.17) is 0 Å². The highest BCUT2D eigenvalue weighted by molar-refractivity contribution is 7.14. The number of nitrogens with one attached hydrogen (secondary N) is 1. The van der Waals surface area contributed by atoms with Gasteiger partial charge in [-0.3, -0.25) is 0 Å². The smallest absolute Gasteiger partial charge is 0.183 e. The predicted octanol–water partition coefficient (Wildman–Crippen LogP) is 3.88. The Balaban J connectivity index is 2.01. The molecule has 3 aromatic rings. The molecule has 1 N–H and O–H groups in total. The number of hydrogen-bond acceptors (Lipinski definition) is 4. The highest BCUT2D eigenvalue weighted by Crippen LogP contribution is 2.28. The Morgan fingerprint density at radius 2 is 2.14 bits per heavy atom. The van der Waals surface area contributed by atoms with Gasteiger partial charge >= 0.3 is 0 Å². The van der Waals surface area contributed by atoms with Crippen LogP contribution in [-0.4, -0.2) is 21.3 Å². The molecule has 2 heterocycles. The van der Waals surface area contributed by atoms with Gasteiger partial charge in [-0.2, -0.15) is 5.10 Å². The lowest BCUT2D eigenvalue weighted by Crippen LogP contribution is -2.01. The maximum atomic E-state index is 13.9. The van der Waals surface area contributed by atoms with Gasteiger partial charge in [-0.25, -0.2) is 14.1 Å². The van der Waals surface area contributed by atoms with Gasteiger partial charge in [0.05, 0.1) is 17.6 Å². The first-order valence-electron chi connectivity index (χ1n) is 6.70. The Morgan fingerprint density at radius 1 is 1.33 bits per heavy atom. The van der Waals surface area contributed by atoms with Crippen molar-refractivity contribution in [3.8, 4) is 16.9 Å². The number of thiazole rings is 1. The number of halogens is 1. The molecule has 3 rings (SSSR count). The standard InChI is InChI=1S/C15H15FN4S/c1-3-17-15-19-13(9-21-15)11-8-18-20(10(11)2)14-7-5-4-6-12(14)16/h4-9H,3H2,1-2H3,(H,17,19). The van der Waals surface area contributed by atoms with Crippen molar-refractivity contribution in [2.75, 3.05) is 11.9 Å².